The molecule has 1 amide bonds. The van der Waals surface area contributed by atoms with Crippen LogP contribution in [0.3, 0.4) is 0 Å². The summed E-state index contributed by atoms with van der Waals surface area (Å²) < 4.78 is 24.4. The van der Waals surface area contributed by atoms with E-state index in [1.54, 1.807) is 0 Å². The highest BCUT2D eigenvalue weighted by Gasteiger charge is 2.41. The standard InChI is InChI=1S/C23H35N5O4S/c1-15(2)28-21-7-5-4-6-20(21)22(26-28)23(30)25-16-10-17-8-9-18(11-16)27(17)13-19(29)12-24-14-33(3,31)32/h4-7,15-19,24,29H,8-14H2,1-3H3,(H,25,30)/t16?,17-,18+,19?. The first-order chi connectivity index (χ1) is 15.6. The van der Waals surface area contributed by atoms with Gasteiger partial charge in [0, 0.05) is 48.9 Å². The van der Waals surface area contributed by atoms with Gasteiger partial charge >= 0.3 is 0 Å². The summed E-state index contributed by atoms with van der Waals surface area (Å²) in [6.45, 7) is 4.87. The maximum atomic E-state index is 13.2. The third-order valence-corrected chi connectivity index (χ3v) is 7.43. The highest BCUT2D eigenvalue weighted by atomic mass is 32.2. The van der Waals surface area contributed by atoms with Crippen LogP contribution in [0.1, 0.15) is 56.1 Å². The van der Waals surface area contributed by atoms with Crippen molar-refractivity contribution in [3.63, 3.8) is 0 Å². The number of sulfone groups is 1. The average molecular weight is 478 g/mol. The second kappa shape index (κ2) is 9.69. The monoisotopic (exact) mass is 477 g/mol. The minimum atomic E-state index is -3.10. The fourth-order valence-electron chi connectivity index (χ4n) is 5.31. The van der Waals surface area contributed by atoms with Crippen molar-refractivity contribution in [1.82, 2.24) is 25.3 Å². The summed E-state index contributed by atoms with van der Waals surface area (Å²) >= 11 is 0. The van der Waals surface area contributed by atoms with E-state index in [1.165, 1.54) is 6.26 Å². The third kappa shape index (κ3) is 5.56. The lowest BCUT2D eigenvalue weighted by Crippen LogP contribution is -2.53. The molecular formula is C23H35N5O4S. The second-order valence-corrected chi connectivity index (χ2v) is 11.9. The number of aromatic nitrogens is 2. The van der Waals surface area contributed by atoms with Crippen molar-refractivity contribution in [3.8, 4) is 0 Å². The molecule has 2 aliphatic heterocycles. The highest BCUT2D eigenvalue weighted by Crippen LogP contribution is 2.36. The minimum absolute atomic E-state index is 0.0784. The van der Waals surface area contributed by atoms with E-state index in [0.29, 0.717) is 24.3 Å². The number of carbonyl (C=O) groups is 1. The zero-order valence-corrected chi connectivity index (χ0v) is 20.4. The molecule has 3 heterocycles. The number of nitrogens with zero attached hydrogens (tertiary/aromatic N) is 3. The summed E-state index contributed by atoms with van der Waals surface area (Å²) in [5.74, 6) is -0.264. The Labute approximate surface area is 195 Å². The molecule has 1 aromatic heterocycles. The predicted molar refractivity (Wildman–Crippen MR) is 128 cm³/mol. The van der Waals surface area contributed by atoms with Crippen molar-refractivity contribution in [2.75, 3.05) is 25.2 Å². The molecular weight excluding hydrogens is 442 g/mol. The van der Waals surface area contributed by atoms with Gasteiger partial charge in [0.15, 0.2) is 15.5 Å². The van der Waals surface area contributed by atoms with Crippen molar-refractivity contribution >= 4 is 26.6 Å². The van der Waals surface area contributed by atoms with Crippen LogP contribution in [0.15, 0.2) is 24.3 Å². The van der Waals surface area contributed by atoms with Crippen molar-refractivity contribution in [2.24, 2.45) is 0 Å². The van der Waals surface area contributed by atoms with Gasteiger partial charge in [-0.05, 0) is 45.6 Å². The molecule has 0 radical (unpaired) electrons. The van der Waals surface area contributed by atoms with Gasteiger partial charge in [-0.15, -0.1) is 0 Å². The van der Waals surface area contributed by atoms with E-state index in [2.05, 4.69) is 34.5 Å². The normalized spacial score (nSPS) is 24.5. The number of nitrogens with one attached hydrogen (secondary N) is 2. The Bertz CT molecular complexity index is 1090. The molecule has 4 rings (SSSR count). The fraction of sp³-hybridized carbons (Fsp3) is 0.652. The van der Waals surface area contributed by atoms with Gasteiger partial charge in [-0.25, -0.2) is 8.42 Å². The molecule has 2 fully saturated rings. The number of aliphatic hydroxyl groups excluding tert-OH is 1. The van der Waals surface area contributed by atoms with E-state index in [9.17, 15) is 18.3 Å². The van der Waals surface area contributed by atoms with Crippen molar-refractivity contribution in [3.05, 3.63) is 30.0 Å². The summed E-state index contributed by atoms with van der Waals surface area (Å²) in [6.07, 6.45) is 4.31. The van der Waals surface area contributed by atoms with Gasteiger partial charge in [-0.3, -0.25) is 14.4 Å². The maximum absolute atomic E-state index is 13.2. The van der Waals surface area contributed by atoms with Crippen molar-refractivity contribution in [2.45, 2.75) is 69.8 Å². The minimum Gasteiger partial charge on any atom is -0.390 e. The van der Waals surface area contributed by atoms with Crippen LogP contribution in [0, 0.1) is 0 Å². The first kappa shape index (κ1) is 24.1. The lowest BCUT2D eigenvalue weighted by atomic mass is 9.96. The molecule has 2 aromatic rings. The Hall–Kier alpha value is -2.01. The van der Waals surface area contributed by atoms with E-state index >= 15 is 0 Å². The number of benzene rings is 1. The van der Waals surface area contributed by atoms with Crippen LogP contribution in [-0.2, 0) is 9.84 Å². The maximum Gasteiger partial charge on any atom is 0.272 e. The van der Waals surface area contributed by atoms with Gasteiger partial charge in [0.1, 0.15) is 0 Å². The third-order valence-electron chi connectivity index (χ3n) is 6.70. The van der Waals surface area contributed by atoms with Crippen LogP contribution in [0.2, 0.25) is 0 Å². The van der Waals surface area contributed by atoms with Crippen molar-refractivity contribution in [1.29, 1.82) is 0 Å². The lowest BCUT2D eigenvalue weighted by molar-refractivity contribution is 0.0508. The number of aliphatic hydroxyl groups is 1. The molecule has 4 atom stereocenters. The number of carbonyl (C=O) groups excluding carboxylic acids is 1. The van der Waals surface area contributed by atoms with Crippen LogP contribution in [0.25, 0.3) is 10.9 Å². The largest absolute Gasteiger partial charge is 0.390 e. The molecule has 9 nitrogen and oxygen atoms in total. The number of fused-ring (bicyclic) bond motifs is 3. The quantitative estimate of drug-likeness (QED) is 0.498. The second-order valence-electron chi connectivity index (χ2n) is 9.81. The zero-order valence-electron chi connectivity index (χ0n) is 19.6. The highest BCUT2D eigenvalue weighted by molar-refractivity contribution is 7.90. The molecule has 10 heteroatoms. The molecule has 2 bridgehead atoms. The Morgan fingerprint density at radius 2 is 1.88 bits per heavy atom. The Morgan fingerprint density at radius 3 is 2.52 bits per heavy atom. The molecule has 2 unspecified atom stereocenters. The van der Waals surface area contributed by atoms with E-state index in [0.717, 1.165) is 36.6 Å². The van der Waals surface area contributed by atoms with E-state index in [-0.39, 0.29) is 30.4 Å². The summed E-state index contributed by atoms with van der Waals surface area (Å²) in [6, 6.07) is 8.69. The molecule has 33 heavy (non-hydrogen) atoms. The van der Waals surface area contributed by atoms with Gasteiger partial charge < -0.3 is 15.7 Å². The van der Waals surface area contributed by atoms with Gasteiger partial charge in [0.05, 0.1) is 17.5 Å². The number of piperidine rings is 1. The van der Waals surface area contributed by atoms with E-state index < -0.39 is 15.9 Å². The summed E-state index contributed by atoms with van der Waals surface area (Å²) in [5, 5.41) is 21.9. The van der Waals surface area contributed by atoms with Crippen molar-refractivity contribution < 1.29 is 18.3 Å². The zero-order chi connectivity index (χ0) is 23.8. The van der Waals surface area contributed by atoms with Gasteiger partial charge in [-0.1, -0.05) is 18.2 Å². The molecule has 2 saturated heterocycles. The topological polar surface area (TPSA) is 117 Å². The summed E-state index contributed by atoms with van der Waals surface area (Å²) in [7, 11) is -3.10. The van der Waals surface area contributed by atoms with Gasteiger partial charge in [0.2, 0.25) is 0 Å². The van der Waals surface area contributed by atoms with Crippen LogP contribution in [0.5, 0.6) is 0 Å². The Morgan fingerprint density at radius 1 is 1.21 bits per heavy atom. The smallest absolute Gasteiger partial charge is 0.272 e. The number of para-hydroxylation sites is 1. The molecule has 182 valence electrons. The van der Waals surface area contributed by atoms with E-state index in [4.69, 9.17) is 0 Å². The number of rotatable bonds is 9. The van der Waals surface area contributed by atoms with Crippen LogP contribution < -0.4 is 10.6 Å². The molecule has 1 aromatic carbocycles. The lowest BCUT2D eigenvalue weighted by Gasteiger charge is -2.40. The molecule has 0 aliphatic carbocycles. The number of hydrogen-bond acceptors (Lipinski definition) is 7. The summed E-state index contributed by atoms with van der Waals surface area (Å²) in [4.78, 5) is 15.5. The number of hydrogen-bond donors (Lipinski definition) is 3. The van der Waals surface area contributed by atoms with Crippen LogP contribution in [-0.4, -0.2) is 83.6 Å². The van der Waals surface area contributed by atoms with E-state index in [1.807, 2.05) is 28.9 Å². The summed E-state index contributed by atoms with van der Waals surface area (Å²) in [5.41, 5.74) is 1.44. The molecule has 0 saturated carbocycles. The fourth-order valence-corrected chi connectivity index (χ4v) is 5.80. The SMILES string of the molecule is CC(C)n1nc(C(=O)NC2C[C@H]3CC[C@@H](C2)N3CC(O)CNCS(C)(=O)=O)c2ccccc21. The molecule has 3 N–H and O–H groups in total. The molecule has 2 aliphatic rings. The van der Waals surface area contributed by atoms with Gasteiger partial charge in [-0.2, -0.15) is 5.10 Å². The molecule has 0 spiro atoms. The number of amides is 1. The van der Waals surface area contributed by atoms with Crippen LogP contribution >= 0.6 is 0 Å². The first-order valence-electron chi connectivity index (χ1n) is 11.7. The van der Waals surface area contributed by atoms with Gasteiger partial charge in [0.25, 0.3) is 5.91 Å². The Balaban J connectivity index is 1.36. The first-order valence-corrected chi connectivity index (χ1v) is 13.8. The van der Waals surface area contributed by atoms with Crippen LogP contribution in [0.4, 0.5) is 0 Å². The predicted octanol–water partition coefficient (Wildman–Crippen LogP) is 1.30. The average Bonchev–Trinajstić information content (AvgIpc) is 3.22. The Kier molecular flexibility index (Phi) is 7.09.